The van der Waals surface area contributed by atoms with Crippen LogP contribution in [0.15, 0.2) is 24.3 Å². The van der Waals surface area contributed by atoms with Gasteiger partial charge in [0.15, 0.2) is 0 Å². The monoisotopic (exact) mass is 295 g/mol. The van der Waals surface area contributed by atoms with E-state index in [1.807, 2.05) is 6.92 Å². The summed E-state index contributed by atoms with van der Waals surface area (Å²) in [6.07, 6.45) is 1.10. The van der Waals surface area contributed by atoms with Gasteiger partial charge in [0.2, 0.25) is 0 Å². The molecule has 0 spiro atoms. The van der Waals surface area contributed by atoms with Crippen molar-refractivity contribution in [2.45, 2.75) is 33.2 Å². The van der Waals surface area contributed by atoms with Crippen molar-refractivity contribution in [3.63, 3.8) is 0 Å². The number of benzene rings is 1. The minimum Gasteiger partial charge on any atom is -0.465 e. The molecule has 0 aliphatic heterocycles. The van der Waals surface area contributed by atoms with E-state index >= 15 is 0 Å². The second kappa shape index (κ2) is 9.83. The Morgan fingerprint density at radius 3 is 2.75 bits per heavy atom. The van der Waals surface area contributed by atoms with Crippen molar-refractivity contribution in [3.8, 4) is 0 Å². The van der Waals surface area contributed by atoms with Crippen LogP contribution < -0.4 is 5.32 Å². The molecule has 112 valence electrons. The fraction of sp³-hybridized carbons (Fsp3) is 0.562. The van der Waals surface area contributed by atoms with Gasteiger partial charge in [-0.1, -0.05) is 31.2 Å². The van der Waals surface area contributed by atoms with E-state index in [0.717, 1.165) is 18.7 Å². The fourth-order valence-electron chi connectivity index (χ4n) is 2.02. The topological polar surface area (TPSA) is 38.3 Å². The second-order valence-electron chi connectivity index (χ2n) is 4.68. The Morgan fingerprint density at radius 1 is 1.35 bits per heavy atom. The predicted molar refractivity (Wildman–Crippen MR) is 86.2 cm³/mol. The first-order valence-electron chi connectivity index (χ1n) is 7.21. The first-order chi connectivity index (χ1) is 9.69. The van der Waals surface area contributed by atoms with E-state index in [9.17, 15) is 4.79 Å². The van der Waals surface area contributed by atoms with Gasteiger partial charge in [0.05, 0.1) is 12.4 Å². The first-order valence-corrected chi connectivity index (χ1v) is 8.36. The number of carbonyl (C=O) groups excluding carboxylic acids is 1. The summed E-state index contributed by atoms with van der Waals surface area (Å²) in [5.41, 5.74) is 2.61. The zero-order chi connectivity index (χ0) is 14.8. The number of aryl methyl sites for hydroxylation is 1. The molecule has 1 rings (SSSR count). The molecule has 0 saturated carbocycles. The van der Waals surface area contributed by atoms with Crippen LogP contribution in [0.5, 0.6) is 0 Å². The maximum atomic E-state index is 11.4. The van der Waals surface area contributed by atoms with Gasteiger partial charge in [-0.05, 0) is 37.9 Å². The van der Waals surface area contributed by atoms with Crippen molar-refractivity contribution in [1.82, 2.24) is 5.32 Å². The Bertz CT molecular complexity index is 409. The number of thioether (sulfide) groups is 1. The molecular weight excluding hydrogens is 270 g/mol. The van der Waals surface area contributed by atoms with Crippen LogP contribution in [0, 0.1) is 6.92 Å². The fourth-order valence-corrected chi connectivity index (χ4v) is 2.92. The maximum absolute atomic E-state index is 11.4. The van der Waals surface area contributed by atoms with Gasteiger partial charge in [-0.3, -0.25) is 4.79 Å². The lowest BCUT2D eigenvalue weighted by Gasteiger charge is -2.20. The normalized spacial score (nSPS) is 12.2. The number of ether oxygens (including phenoxy) is 1. The van der Waals surface area contributed by atoms with E-state index in [2.05, 4.69) is 43.4 Å². The number of rotatable bonds is 9. The lowest BCUT2D eigenvalue weighted by Crippen LogP contribution is -2.25. The Morgan fingerprint density at radius 2 is 2.10 bits per heavy atom. The van der Waals surface area contributed by atoms with E-state index in [1.54, 1.807) is 11.8 Å². The molecule has 0 aliphatic carbocycles. The molecule has 0 radical (unpaired) electrons. The first kappa shape index (κ1) is 17.1. The van der Waals surface area contributed by atoms with E-state index in [4.69, 9.17) is 4.74 Å². The molecular formula is C16H25NO2S. The molecule has 1 unspecified atom stereocenters. The standard InChI is InChI=1S/C16H25NO2S/c1-4-10-17-15(11-20-12-16(18)19-5-2)14-9-7-6-8-13(14)3/h6-9,15,17H,4-5,10-12H2,1-3H3. The average molecular weight is 295 g/mol. The van der Waals surface area contributed by atoms with E-state index in [-0.39, 0.29) is 12.0 Å². The van der Waals surface area contributed by atoms with Crippen molar-refractivity contribution in [1.29, 1.82) is 0 Å². The molecule has 0 fully saturated rings. The summed E-state index contributed by atoms with van der Waals surface area (Å²) in [5, 5.41) is 3.56. The third-order valence-electron chi connectivity index (χ3n) is 3.01. The SMILES string of the molecule is CCCNC(CSCC(=O)OCC)c1ccccc1C. The van der Waals surface area contributed by atoms with Crippen LogP contribution in [0.25, 0.3) is 0 Å². The Kier molecular flexibility index (Phi) is 8.38. The smallest absolute Gasteiger partial charge is 0.315 e. The van der Waals surface area contributed by atoms with Crippen LogP contribution in [0.1, 0.15) is 37.4 Å². The molecule has 0 bridgehead atoms. The van der Waals surface area contributed by atoms with Gasteiger partial charge in [-0.25, -0.2) is 0 Å². The zero-order valence-electron chi connectivity index (χ0n) is 12.6. The molecule has 0 aliphatic rings. The van der Waals surface area contributed by atoms with Crippen molar-refractivity contribution in [3.05, 3.63) is 35.4 Å². The Balaban J connectivity index is 2.56. The van der Waals surface area contributed by atoms with Crippen molar-refractivity contribution < 1.29 is 9.53 Å². The van der Waals surface area contributed by atoms with Gasteiger partial charge in [0.25, 0.3) is 0 Å². The molecule has 0 aromatic heterocycles. The molecule has 1 aromatic rings. The largest absolute Gasteiger partial charge is 0.465 e. The highest BCUT2D eigenvalue weighted by Gasteiger charge is 2.13. The van der Waals surface area contributed by atoms with Crippen LogP contribution in [-0.2, 0) is 9.53 Å². The maximum Gasteiger partial charge on any atom is 0.315 e. The highest BCUT2D eigenvalue weighted by molar-refractivity contribution is 7.99. The summed E-state index contributed by atoms with van der Waals surface area (Å²) in [4.78, 5) is 11.4. The Hall–Kier alpha value is -1.00. The lowest BCUT2D eigenvalue weighted by atomic mass is 10.0. The van der Waals surface area contributed by atoms with Gasteiger partial charge in [-0.15, -0.1) is 11.8 Å². The molecule has 0 amide bonds. The molecule has 4 heteroatoms. The van der Waals surface area contributed by atoms with Gasteiger partial charge in [0, 0.05) is 11.8 Å². The van der Waals surface area contributed by atoms with E-state index in [1.165, 1.54) is 11.1 Å². The van der Waals surface area contributed by atoms with Gasteiger partial charge >= 0.3 is 5.97 Å². The molecule has 0 saturated heterocycles. The summed E-state index contributed by atoms with van der Waals surface area (Å²) < 4.78 is 4.95. The number of hydrogen-bond donors (Lipinski definition) is 1. The van der Waals surface area contributed by atoms with Crippen molar-refractivity contribution in [2.75, 3.05) is 24.7 Å². The number of hydrogen-bond acceptors (Lipinski definition) is 4. The van der Waals surface area contributed by atoms with Crippen LogP contribution in [-0.4, -0.2) is 30.6 Å². The van der Waals surface area contributed by atoms with Gasteiger partial charge in [0.1, 0.15) is 0 Å². The number of nitrogens with one attached hydrogen (secondary N) is 1. The molecule has 1 atom stereocenters. The zero-order valence-corrected chi connectivity index (χ0v) is 13.5. The van der Waals surface area contributed by atoms with E-state index in [0.29, 0.717) is 12.4 Å². The van der Waals surface area contributed by atoms with Gasteiger partial charge < -0.3 is 10.1 Å². The molecule has 20 heavy (non-hydrogen) atoms. The highest BCUT2D eigenvalue weighted by atomic mass is 32.2. The van der Waals surface area contributed by atoms with Crippen molar-refractivity contribution >= 4 is 17.7 Å². The average Bonchev–Trinajstić information content (AvgIpc) is 2.44. The predicted octanol–water partition coefficient (Wildman–Crippen LogP) is 3.33. The molecule has 1 N–H and O–H groups in total. The summed E-state index contributed by atoms with van der Waals surface area (Å²) in [5.74, 6) is 1.17. The van der Waals surface area contributed by atoms with Gasteiger partial charge in [-0.2, -0.15) is 0 Å². The third kappa shape index (κ3) is 5.97. The number of esters is 1. The summed E-state index contributed by atoms with van der Waals surface area (Å²) in [7, 11) is 0. The van der Waals surface area contributed by atoms with Crippen LogP contribution >= 0.6 is 11.8 Å². The molecule has 3 nitrogen and oxygen atoms in total. The summed E-state index contributed by atoms with van der Waals surface area (Å²) in [6.45, 7) is 7.56. The van der Waals surface area contributed by atoms with E-state index < -0.39 is 0 Å². The second-order valence-corrected chi connectivity index (χ2v) is 5.71. The van der Waals surface area contributed by atoms with Crippen LogP contribution in [0.4, 0.5) is 0 Å². The quantitative estimate of drug-likeness (QED) is 0.709. The van der Waals surface area contributed by atoms with Crippen LogP contribution in [0.2, 0.25) is 0 Å². The summed E-state index contributed by atoms with van der Waals surface area (Å²) in [6, 6.07) is 8.70. The Labute approximate surface area is 126 Å². The third-order valence-corrected chi connectivity index (χ3v) is 4.02. The number of carbonyl (C=O) groups is 1. The summed E-state index contributed by atoms with van der Waals surface area (Å²) >= 11 is 1.63. The molecule has 0 heterocycles. The highest BCUT2D eigenvalue weighted by Crippen LogP contribution is 2.21. The minimum absolute atomic E-state index is 0.128. The minimum atomic E-state index is -0.128. The van der Waals surface area contributed by atoms with Crippen molar-refractivity contribution in [2.24, 2.45) is 0 Å². The molecule has 1 aromatic carbocycles. The van der Waals surface area contributed by atoms with Crippen LogP contribution in [0.3, 0.4) is 0 Å². The lowest BCUT2D eigenvalue weighted by molar-refractivity contribution is -0.139.